The lowest BCUT2D eigenvalue weighted by Gasteiger charge is -2.27. The van der Waals surface area contributed by atoms with E-state index in [9.17, 15) is 18.0 Å². The molecular weight excluding hydrogens is 361 g/mol. The number of aromatic nitrogens is 1. The Hall–Kier alpha value is -2.02. The van der Waals surface area contributed by atoms with Gasteiger partial charge in [0.05, 0.1) is 21.9 Å². The van der Waals surface area contributed by atoms with Gasteiger partial charge in [-0.3, -0.25) is 4.79 Å². The van der Waals surface area contributed by atoms with Crippen molar-refractivity contribution in [3.63, 3.8) is 0 Å². The number of carbonyl (C=O) groups is 1. The number of nitrogens with one attached hydrogen (secondary N) is 1. The molecule has 1 aromatic carbocycles. The molecule has 0 bridgehead atoms. The predicted molar refractivity (Wildman–Crippen MR) is 94.8 cm³/mol. The van der Waals surface area contributed by atoms with Crippen molar-refractivity contribution in [2.75, 3.05) is 0 Å². The Bertz CT molecular complexity index is 777. The summed E-state index contributed by atoms with van der Waals surface area (Å²) in [5.41, 5.74) is 1.61. The number of carbonyl (C=O) groups excluding carboxylic acids is 1. The molecule has 0 saturated heterocycles. The molecule has 0 radical (unpaired) electrons. The minimum absolute atomic E-state index is 0.0175. The quantitative estimate of drug-likeness (QED) is 0.777. The summed E-state index contributed by atoms with van der Waals surface area (Å²) in [7, 11) is 0. The first-order valence-corrected chi connectivity index (χ1v) is 9.30. The number of thioether (sulfide) groups is 1. The van der Waals surface area contributed by atoms with Gasteiger partial charge in [-0.25, -0.2) is 4.98 Å². The standard InChI is InChI=1S/C19H19F3N2OS/c1-12(26-17-10-9-14(11-23-17)19(20,21)22)18(25)24-16-8-4-6-13-5-2-3-7-15(13)16/h2-3,5,7,9-12,16H,4,6,8H2,1H3,(H,24,25). The van der Waals surface area contributed by atoms with Gasteiger partial charge in [0.1, 0.15) is 0 Å². The largest absolute Gasteiger partial charge is 0.417 e. The van der Waals surface area contributed by atoms with Gasteiger partial charge in [0.2, 0.25) is 5.91 Å². The Labute approximate surface area is 154 Å². The second kappa shape index (κ2) is 7.70. The van der Waals surface area contributed by atoms with Crippen molar-refractivity contribution in [1.82, 2.24) is 10.3 Å². The zero-order valence-corrected chi connectivity index (χ0v) is 15.0. The van der Waals surface area contributed by atoms with E-state index in [-0.39, 0.29) is 11.9 Å². The summed E-state index contributed by atoms with van der Waals surface area (Å²) in [6.45, 7) is 1.73. The van der Waals surface area contributed by atoms with Gasteiger partial charge in [-0.1, -0.05) is 36.0 Å². The van der Waals surface area contributed by atoms with E-state index < -0.39 is 17.0 Å². The van der Waals surface area contributed by atoms with Crippen molar-refractivity contribution in [3.8, 4) is 0 Å². The van der Waals surface area contributed by atoms with Crippen LogP contribution in [0.1, 0.15) is 42.5 Å². The van der Waals surface area contributed by atoms with E-state index in [1.165, 1.54) is 11.6 Å². The Balaban J connectivity index is 1.62. The number of hydrogen-bond acceptors (Lipinski definition) is 3. The van der Waals surface area contributed by atoms with Crippen LogP contribution in [0.25, 0.3) is 0 Å². The summed E-state index contributed by atoms with van der Waals surface area (Å²) in [5.74, 6) is -0.140. The van der Waals surface area contributed by atoms with Crippen LogP contribution >= 0.6 is 11.8 Å². The normalized spacial score (nSPS) is 18.1. The Kier molecular flexibility index (Phi) is 5.55. The molecule has 1 heterocycles. The molecule has 1 amide bonds. The van der Waals surface area contributed by atoms with Gasteiger partial charge in [0.15, 0.2) is 0 Å². The molecule has 7 heteroatoms. The van der Waals surface area contributed by atoms with Crippen molar-refractivity contribution in [1.29, 1.82) is 0 Å². The number of aryl methyl sites for hydroxylation is 1. The summed E-state index contributed by atoms with van der Waals surface area (Å²) in [6, 6.07) is 10.3. The molecule has 0 saturated carbocycles. The molecule has 3 nitrogen and oxygen atoms in total. The number of benzene rings is 1. The van der Waals surface area contributed by atoms with Crippen molar-refractivity contribution in [2.24, 2.45) is 0 Å². The summed E-state index contributed by atoms with van der Waals surface area (Å²) >= 11 is 1.15. The van der Waals surface area contributed by atoms with Crippen LogP contribution < -0.4 is 5.32 Å². The first-order valence-electron chi connectivity index (χ1n) is 8.42. The van der Waals surface area contributed by atoms with Gasteiger partial charge in [-0.15, -0.1) is 0 Å². The number of nitrogens with zero attached hydrogens (tertiary/aromatic N) is 1. The van der Waals surface area contributed by atoms with E-state index in [4.69, 9.17) is 0 Å². The Morgan fingerprint density at radius 3 is 2.73 bits per heavy atom. The smallest absolute Gasteiger partial charge is 0.348 e. The van der Waals surface area contributed by atoms with Crippen LogP contribution in [0, 0.1) is 0 Å². The molecule has 1 aliphatic carbocycles. The fourth-order valence-electron chi connectivity index (χ4n) is 3.05. The topological polar surface area (TPSA) is 42.0 Å². The van der Waals surface area contributed by atoms with Crippen molar-refractivity contribution < 1.29 is 18.0 Å². The van der Waals surface area contributed by atoms with Crippen molar-refractivity contribution >= 4 is 17.7 Å². The lowest BCUT2D eigenvalue weighted by Crippen LogP contribution is -2.35. The fourth-order valence-corrected chi connectivity index (χ4v) is 3.84. The molecule has 0 aliphatic heterocycles. The molecule has 2 atom stereocenters. The van der Waals surface area contributed by atoms with Crippen LogP contribution in [-0.2, 0) is 17.4 Å². The molecule has 3 rings (SSSR count). The number of pyridine rings is 1. The molecule has 2 aromatic rings. The highest BCUT2D eigenvalue weighted by Crippen LogP contribution is 2.32. The summed E-state index contributed by atoms with van der Waals surface area (Å²) in [6.07, 6.45) is -0.692. The Morgan fingerprint density at radius 1 is 1.27 bits per heavy atom. The fraction of sp³-hybridized carbons (Fsp3) is 0.368. The number of fused-ring (bicyclic) bond motifs is 1. The van der Waals surface area contributed by atoms with E-state index in [0.29, 0.717) is 5.03 Å². The third-order valence-corrected chi connectivity index (χ3v) is 5.47. The van der Waals surface area contributed by atoms with Crippen LogP contribution in [-0.4, -0.2) is 16.1 Å². The maximum absolute atomic E-state index is 12.6. The highest BCUT2D eigenvalue weighted by Gasteiger charge is 2.31. The van der Waals surface area contributed by atoms with Crippen LogP contribution in [0.15, 0.2) is 47.6 Å². The number of amides is 1. The SMILES string of the molecule is CC(Sc1ccc(C(F)(F)F)cn1)C(=O)NC1CCCc2ccccc21. The summed E-state index contributed by atoms with van der Waals surface area (Å²) in [5, 5.41) is 3.01. The second-order valence-corrected chi connectivity index (χ2v) is 7.66. The lowest BCUT2D eigenvalue weighted by atomic mass is 9.88. The average molecular weight is 380 g/mol. The maximum atomic E-state index is 12.6. The van der Waals surface area contributed by atoms with Gasteiger partial charge in [0, 0.05) is 6.20 Å². The molecule has 138 valence electrons. The van der Waals surface area contributed by atoms with Crippen LogP contribution in [0.3, 0.4) is 0 Å². The van der Waals surface area contributed by atoms with E-state index in [2.05, 4.69) is 16.4 Å². The highest BCUT2D eigenvalue weighted by molar-refractivity contribution is 8.00. The predicted octanol–water partition coefficient (Wildman–Crippen LogP) is 4.77. The molecule has 1 aliphatic rings. The van der Waals surface area contributed by atoms with E-state index in [1.807, 2.05) is 18.2 Å². The molecule has 1 aromatic heterocycles. The Morgan fingerprint density at radius 2 is 2.04 bits per heavy atom. The molecule has 0 fully saturated rings. The first kappa shape index (κ1) is 18.8. The minimum Gasteiger partial charge on any atom is -0.348 e. The van der Waals surface area contributed by atoms with Gasteiger partial charge >= 0.3 is 6.18 Å². The number of hydrogen-bond donors (Lipinski definition) is 1. The van der Waals surface area contributed by atoms with Gasteiger partial charge in [0.25, 0.3) is 0 Å². The summed E-state index contributed by atoms with van der Waals surface area (Å²) in [4.78, 5) is 16.3. The van der Waals surface area contributed by atoms with E-state index in [1.54, 1.807) is 6.92 Å². The molecule has 0 spiro atoms. The van der Waals surface area contributed by atoms with Crippen LogP contribution in [0.2, 0.25) is 0 Å². The third kappa shape index (κ3) is 4.38. The van der Waals surface area contributed by atoms with E-state index in [0.717, 1.165) is 48.9 Å². The monoisotopic (exact) mass is 380 g/mol. The lowest BCUT2D eigenvalue weighted by molar-refractivity contribution is -0.137. The number of rotatable bonds is 4. The van der Waals surface area contributed by atoms with Gasteiger partial charge < -0.3 is 5.32 Å². The first-order chi connectivity index (χ1) is 12.3. The molecule has 2 unspecified atom stereocenters. The van der Waals surface area contributed by atoms with Crippen molar-refractivity contribution in [3.05, 3.63) is 59.3 Å². The second-order valence-electron chi connectivity index (χ2n) is 6.30. The van der Waals surface area contributed by atoms with Crippen LogP contribution in [0.4, 0.5) is 13.2 Å². The van der Waals surface area contributed by atoms with E-state index >= 15 is 0 Å². The zero-order valence-electron chi connectivity index (χ0n) is 14.2. The minimum atomic E-state index is -4.41. The molecule has 26 heavy (non-hydrogen) atoms. The zero-order chi connectivity index (χ0) is 18.7. The molecule has 1 N–H and O–H groups in total. The molecular formula is C19H19F3N2OS. The van der Waals surface area contributed by atoms with Crippen LogP contribution in [0.5, 0.6) is 0 Å². The van der Waals surface area contributed by atoms with Crippen molar-refractivity contribution in [2.45, 2.75) is 48.7 Å². The maximum Gasteiger partial charge on any atom is 0.417 e. The number of halogens is 3. The third-order valence-electron chi connectivity index (χ3n) is 4.42. The average Bonchev–Trinajstić information content (AvgIpc) is 2.61. The number of alkyl halides is 3. The summed E-state index contributed by atoms with van der Waals surface area (Å²) < 4.78 is 37.7. The highest BCUT2D eigenvalue weighted by atomic mass is 32.2. The van der Waals surface area contributed by atoms with Gasteiger partial charge in [-0.05, 0) is 49.4 Å². The van der Waals surface area contributed by atoms with Gasteiger partial charge in [-0.2, -0.15) is 13.2 Å².